The Morgan fingerprint density at radius 1 is 0.760 bits per heavy atom. The molecule has 0 saturated carbocycles. The van der Waals surface area contributed by atoms with E-state index in [1.807, 2.05) is 12.1 Å². The van der Waals surface area contributed by atoms with E-state index in [9.17, 15) is 9.59 Å². The van der Waals surface area contributed by atoms with Crippen molar-refractivity contribution in [1.82, 2.24) is 0 Å². The highest BCUT2D eigenvalue weighted by molar-refractivity contribution is 7.80. The van der Waals surface area contributed by atoms with E-state index < -0.39 is 12.1 Å². The summed E-state index contributed by atoms with van der Waals surface area (Å²) in [5.74, 6) is -0.847. The maximum absolute atomic E-state index is 12.9. The first-order valence-electron chi connectivity index (χ1n) is 7.80. The van der Waals surface area contributed by atoms with Crippen molar-refractivity contribution in [2.45, 2.75) is 11.0 Å². The molecule has 0 aliphatic carbocycles. The molecule has 0 aliphatic heterocycles. The van der Waals surface area contributed by atoms with Crippen molar-refractivity contribution in [2.75, 3.05) is 0 Å². The van der Waals surface area contributed by atoms with Gasteiger partial charge in [0.1, 0.15) is 0 Å². The van der Waals surface area contributed by atoms with Gasteiger partial charge in [-0.15, -0.1) is 12.6 Å². The van der Waals surface area contributed by atoms with E-state index in [-0.39, 0.29) is 5.78 Å². The second-order valence-corrected chi connectivity index (χ2v) is 5.93. The van der Waals surface area contributed by atoms with Crippen LogP contribution in [0.5, 0.6) is 0 Å². The van der Waals surface area contributed by atoms with Gasteiger partial charge < -0.3 is 4.74 Å². The van der Waals surface area contributed by atoms with Gasteiger partial charge in [0.15, 0.2) is 6.10 Å². The van der Waals surface area contributed by atoms with Gasteiger partial charge in [0.25, 0.3) is 0 Å². The van der Waals surface area contributed by atoms with Crippen molar-refractivity contribution in [3.8, 4) is 0 Å². The van der Waals surface area contributed by atoms with Crippen LogP contribution < -0.4 is 0 Å². The van der Waals surface area contributed by atoms with E-state index >= 15 is 0 Å². The van der Waals surface area contributed by atoms with E-state index in [0.717, 1.165) is 0 Å². The van der Waals surface area contributed by atoms with Gasteiger partial charge in [0.05, 0.1) is 5.56 Å². The van der Waals surface area contributed by atoms with E-state index in [0.29, 0.717) is 21.6 Å². The molecule has 3 aromatic carbocycles. The van der Waals surface area contributed by atoms with Crippen LogP contribution in [-0.4, -0.2) is 11.8 Å². The van der Waals surface area contributed by atoms with Crippen LogP contribution in [0, 0.1) is 0 Å². The van der Waals surface area contributed by atoms with Crippen molar-refractivity contribution < 1.29 is 14.3 Å². The third-order valence-corrected chi connectivity index (χ3v) is 4.14. The number of ketones is 1. The smallest absolute Gasteiger partial charge is 0.340 e. The van der Waals surface area contributed by atoms with E-state index in [2.05, 4.69) is 12.6 Å². The number of carbonyl (C=O) groups is 2. The van der Waals surface area contributed by atoms with Crippen LogP contribution in [0.1, 0.15) is 32.4 Å². The van der Waals surface area contributed by atoms with Gasteiger partial charge in [0.2, 0.25) is 5.78 Å². The topological polar surface area (TPSA) is 43.4 Å². The van der Waals surface area contributed by atoms with Crippen LogP contribution in [0.25, 0.3) is 0 Å². The second kappa shape index (κ2) is 7.81. The third kappa shape index (κ3) is 3.98. The molecule has 25 heavy (non-hydrogen) atoms. The van der Waals surface area contributed by atoms with Crippen molar-refractivity contribution >= 4 is 24.4 Å². The molecular formula is C21H16O3S. The van der Waals surface area contributed by atoms with Gasteiger partial charge in [-0.3, -0.25) is 4.79 Å². The molecule has 0 bridgehead atoms. The van der Waals surface area contributed by atoms with Crippen molar-refractivity contribution in [2.24, 2.45) is 0 Å². The highest BCUT2D eigenvalue weighted by Crippen LogP contribution is 2.25. The molecule has 0 N–H and O–H groups in total. The van der Waals surface area contributed by atoms with Crippen LogP contribution in [-0.2, 0) is 4.74 Å². The highest BCUT2D eigenvalue weighted by atomic mass is 32.1. The molecule has 124 valence electrons. The summed E-state index contributed by atoms with van der Waals surface area (Å²) < 4.78 is 5.58. The Labute approximate surface area is 151 Å². The SMILES string of the molecule is O=C(O[C@H](C(=O)c1ccccc1)c1ccccc1)c1ccccc1S. The fraction of sp³-hybridized carbons (Fsp3) is 0.0476. The lowest BCUT2D eigenvalue weighted by molar-refractivity contribution is 0.0276. The summed E-state index contributed by atoms with van der Waals surface area (Å²) in [5, 5.41) is 0. The number of esters is 1. The molecule has 4 heteroatoms. The van der Waals surface area contributed by atoms with Gasteiger partial charge in [-0.25, -0.2) is 4.79 Å². The number of rotatable bonds is 5. The fourth-order valence-corrected chi connectivity index (χ4v) is 2.72. The molecule has 3 aromatic rings. The van der Waals surface area contributed by atoms with Gasteiger partial charge in [0, 0.05) is 16.0 Å². The van der Waals surface area contributed by atoms with Crippen molar-refractivity contribution in [3.05, 3.63) is 102 Å². The van der Waals surface area contributed by atoms with Crippen LogP contribution in [0.15, 0.2) is 89.8 Å². The van der Waals surface area contributed by atoms with Crippen LogP contribution >= 0.6 is 12.6 Å². The van der Waals surface area contributed by atoms with Crippen LogP contribution in [0.4, 0.5) is 0 Å². The zero-order valence-corrected chi connectivity index (χ0v) is 14.2. The first-order valence-corrected chi connectivity index (χ1v) is 8.24. The van der Waals surface area contributed by atoms with Gasteiger partial charge in [-0.1, -0.05) is 72.8 Å². The Balaban J connectivity index is 1.94. The molecule has 0 radical (unpaired) electrons. The summed E-state index contributed by atoms with van der Waals surface area (Å²) in [6.07, 6.45) is -1.01. The molecule has 1 atom stereocenters. The predicted octanol–water partition coefficient (Wildman–Crippen LogP) is 4.76. The number of hydrogen-bond donors (Lipinski definition) is 1. The lowest BCUT2D eigenvalue weighted by Gasteiger charge is -2.18. The monoisotopic (exact) mass is 348 g/mol. The number of Topliss-reactive ketones (excluding diaryl/α,β-unsaturated/α-hetero) is 1. The zero-order valence-electron chi connectivity index (χ0n) is 13.3. The largest absolute Gasteiger partial charge is 0.445 e. The first kappa shape index (κ1) is 17.0. The molecule has 3 nitrogen and oxygen atoms in total. The van der Waals surface area contributed by atoms with E-state index in [1.165, 1.54) is 0 Å². The molecule has 3 rings (SSSR count). The highest BCUT2D eigenvalue weighted by Gasteiger charge is 2.27. The average Bonchev–Trinajstić information content (AvgIpc) is 2.67. The maximum atomic E-state index is 12.9. The Kier molecular flexibility index (Phi) is 5.31. The number of thiol groups is 1. The molecule has 0 unspecified atom stereocenters. The van der Waals surface area contributed by atoms with Crippen LogP contribution in [0.2, 0.25) is 0 Å². The number of benzene rings is 3. The van der Waals surface area contributed by atoms with E-state index in [1.54, 1.807) is 72.8 Å². The van der Waals surface area contributed by atoms with Crippen molar-refractivity contribution in [1.29, 1.82) is 0 Å². The summed E-state index contributed by atoms with van der Waals surface area (Å²) >= 11 is 4.28. The maximum Gasteiger partial charge on any atom is 0.340 e. The predicted molar refractivity (Wildman–Crippen MR) is 99.1 cm³/mol. The lowest BCUT2D eigenvalue weighted by Crippen LogP contribution is -2.20. The summed E-state index contributed by atoms with van der Waals surface area (Å²) in [6, 6.07) is 24.6. The molecular weight excluding hydrogens is 332 g/mol. The fourth-order valence-electron chi connectivity index (χ4n) is 2.47. The molecule has 0 aromatic heterocycles. The Morgan fingerprint density at radius 3 is 1.96 bits per heavy atom. The Morgan fingerprint density at radius 2 is 1.32 bits per heavy atom. The minimum atomic E-state index is -1.01. The molecule has 0 heterocycles. The number of ether oxygens (including phenoxy) is 1. The molecule has 0 fully saturated rings. The summed E-state index contributed by atoms with van der Waals surface area (Å²) in [4.78, 5) is 26.0. The Bertz CT molecular complexity index is 876. The molecule has 0 amide bonds. The molecule has 0 aliphatic rings. The minimum Gasteiger partial charge on any atom is -0.445 e. The quantitative estimate of drug-likeness (QED) is 0.411. The van der Waals surface area contributed by atoms with Gasteiger partial charge in [-0.05, 0) is 12.1 Å². The number of carbonyl (C=O) groups excluding carboxylic acids is 2. The summed E-state index contributed by atoms with van der Waals surface area (Å²) in [7, 11) is 0. The second-order valence-electron chi connectivity index (χ2n) is 5.44. The average molecular weight is 348 g/mol. The number of hydrogen-bond acceptors (Lipinski definition) is 4. The van der Waals surface area contributed by atoms with E-state index in [4.69, 9.17) is 4.74 Å². The van der Waals surface area contributed by atoms with Crippen molar-refractivity contribution in [3.63, 3.8) is 0 Å². The minimum absolute atomic E-state index is 0.267. The lowest BCUT2D eigenvalue weighted by atomic mass is 10.00. The van der Waals surface area contributed by atoms with Crippen LogP contribution in [0.3, 0.4) is 0 Å². The Hall–Kier alpha value is -2.85. The molecule has 0 spiro atoms. The standard InChI is InChI=1S/C21H16O3S/c22-19(15-9-3-1-4-10-15)20(16-11-5-2-6-12-16)24-21(23)17-13-7-8-14-18(17)25/h1-14,20,25H/t20-/m0/s1. The normalized spacial score (nSPS) is 11.6. The third-order valence-electron chi connectivity index (χ3n) is 3.75. The van der Waals surface area contributed by atoms with Gasteiger partial charge in [-0.2, -0.15) is 0 Å². The first-order chi connectivity index (χ1) is 12.2. The molecule has 0 saturated heterocycles. The van der Waals surface area contributed by atoms with Gasteiger partial charge >= 0.3 is 5.97 Å². The zero-order chi connectivity index (χ0) is 17.6. The summed E-state index contributed by atoms with van der Waals surface area (Å²) in [6.45, 7) is 0. The summed E-state index contributed by atoms with van der Waals surface area (Å²) in [5.41, 5.74) is 1.44.